The summed E-state index contributed by atoms with van der Waals surface area (Å²) in [4.78, 5) is 40.6. The van der Waals surface area contributed by atoms with E-state index >= 15 is 0 Å². The van der Waals surface area contributed by atoms with Crippen LogP contribution in [0.1, 0.15) is 38.8 Å². The second-order valence-electron chi connectivity index (χ2n) is 9.35. The molecule has 2 aromatic carbocycles. The highest BCUT2D eigenvalue weighted by molar-refractivity contribution is 5.97. The van der Waals surface area contributed by atoms with E-state index in [0.29, 0.717) is 11.1 Å². The monoisotopic (exact) mass is 517 g/mol. The molecule has 198 valence electrons. The lowest BCUT2D eigenvalue weighted by Crippen LogP contribution is -2.72. The van der Waals surface area contributed by atoms with Crippen molar-refractivity contribution in [2.45, 2.75) is 58.1 Å². The molecule has 0 saturated carbocycles. The molecule has 7 nitrogen and oxygen atoms in total. The molecule has 3 rings (SSSR count). The lowest BCUT2D eigenvalue weighted by Gasteiger charge is -2.49. The van der Waals surface area contributed by atoms with Crippen molar-refractivity contribution in [1.82, 2.24) is 15.1 Å². The van der Waals surface area contributed by atoms with Crippen molar-refractivity contribution in [3.05, 3.63) is 78.0 Å². The minimum Gasteiger partial charge on any atom is -0.362 e. The summed E-state index contributed by atoms with van der Waals surface area (Å²) in [6.07, 6.45) is -4.46. The number of nitrogens with zero attached hydrogens (tertiary/aromatic N) is 2. The highest BCUT2D eigenvalue weighted by Gasteiger charge is 2.63. The highest BCUT2D eigenvalue weighted by Crippen LogP contribution is 2.40. The van der Waals surface area contributed by atoms with Crippen molar-refractivity contribution in [2.24, 2.45) is 5.92 Å². The van der Waals surface area contributed by atoms with Gasteiger partial charge in [-0.1, -0.05) is 74.5 Å². The lowest BCUT2D eigenvalue weighted by atomic mass is 9.89. The first-order chi connectivity index (χ1) is 17.3. The van der Waals surface area contributed by atoms with Crippen LogP contribution in [0.25, 0.3) is 5.70 Å². The van der Waals surface area contributed by atoms with E-state index in [0.717, 1.165) is 11.8 Å². The van der Waals surface area contributed by atoms with Gasteiger partial charge in [0.05, 0.1) is 11.7 Å². The molecule has 10 heteroatoms. The predicted molar refractivity (Wildman–Crippen MR) is 131 cm³/mol. The first kappa shape index (κ1) is 27.9. The average Bonchev–Trinajstić information content (AvgIpc) is 2.82. The van der Waals surface area contributed by atoms with E-state index in [1.165, 1.54) is 18.0 Å². The summed E-state index contributed by atoms with van der Waals surface area (Å²) in [5, 5.41) is 12.9. The van der Waals surface area contributed by atoms with Gasteiger partial charge in [-0.25, -0.2) is 0 Å². The zero-order valence-electron chi connectivity index (χ0n) is 21.0. The van der Waals surface area contributed by atoms with Crippen LogP contribution in [0.15, 0.2) is 66.9 Å². The van der Waals surface area contributed by atoms with Crippen molar-refractivity contribution < 1.29 is 32.7 Å². The highest BCUT2D eigenvalue weighted by atomic mass is 19.4. The molecule has 1 aliphatic heterocycles. The van der Waals surface area contributed by atoms with Gasteiger partial charge in [0.15, 0.2) is 0 Å². The predicted octanol–water partition coefficient (Wildman–Crippen LogP) is 3.70. The molecule has 1 aliphatic rings. The third-order valence-electron chi connectivity index (χ3n) is 6.24. The topological polar surface area (TPSA) is 89.9 Å². The van der Waals surface area contributed by atoms with Crippen LogP contribution in [0, 0.1) is 5.92 Å². The fourth-order valence-corrected chi connectivity index (χ4v) is 4.57. The molecule has 2 unspecified atom stereocenters. The van der Waals surface area contributed by atoms with E-state index in [2.05, 4.69) is 0 Å². The molecule has 3 atom stereocenters. The zero-order valence-corrected chi connectivity index (χ0v) is 21.0. The fourth-order valence-electron chi connectivity index (χ4n) is 4.57. The molecule has 0 spiro atoms. The first-order valence-electron chi connectivity index (χ1n) is 11.8. The van der Waals surface area contributed by atoms with Crippen LogP contribution in [-0.2, 0) is 20.8 Å². The molecule has 1 heterocycles. The van der Waals surface area contributed by atoms with E-state index in [4.69, 9.17) is 0 Å². The van der Waals surface area contributed by atoms with Crippen molar-refractivity contribution in [3.63, 3.8) is 0 Å². The zero-order chi connectivity index (χ0) is 27.5. The van der Waals surface area contributed by atoms with Crippen molar-refractivity contribution in [1.29, 1.82) is 0 Å². The van der Waals surface area contributed by atoms with Gasteiger partial charge in [0, 0.05) is 20.0 Å². The van der Waals surface area contributed by atoms with E-state index < -0.39 is 54.0 Å². The van der Waals surface area contributed by atoms with Gasteiger partial charge < -0.3 is 15.3 Å². The Morgan fingerprint density at radius 1 is 1.00 bits per heavy atom. The minimum absolute atomic E-state index is 0.00772. The number of alkyl halides is 3. The number of halogens is 3. The number of hydrogen-bond acceptors (Lipinski definition) is 4. The van der Waals surface area contributed by atoms with Gasteiger partial charge in [-0.2, -0.15) is 13.2 Å². The number of hydrogen-bond donors (Lipinski definition) is 2. The number of benzene rings is 2. The number of aliphatic hydroxyl groups is 1. The van der Waals surface area contributed by atoms with Gasteiger partial charge >= 0.3 is 6.18 Å². The summed E-state index contributed by atoms with van der Waals surface area (Å²) in [5.74, 6) is -2.86. The Balaban J connectivity index is 2.35. The molecule has 0 aliphatic carbocycles. The lowest BCUT2D eigenvalue weighted by molar-refractivity contribution is -0.287. The quantitative estimate of drug-likeness (QED) is 0.549. The van der Waals surface area contributed by atoms with Gasteiger partial charge in [0.1, 0.15) is 6.04 Å². The van der Waals surface area contributed by atoms with Crippen molar-refractivity contribution in [3.8, 4) is 0 Å². The summed E-state index contributed by atoms with van der Waals surface area (Å²) in [6.45, 7) is 5.47. The van der Waals surface area contributed by atoms with Gasteiger partial charge in [-0.15, -0.1) is 0 Å². The van der Waals surface area contributed by atoms with Gasteiger partial charge in [-0.05, 0) is 23.5 Å². The molecule has 2 aromatic rings. The molecular weight excluding hydrogens is 487 g/mol. The molecule has 0 bridgehead atoms. The summed E-state index contributed by atoms with van der Waals surface area (Å²) in [7, 11) is 0. The fraction of sp³-hybridized carbons (Fsp3) is 0.370. The molecule has 3 amide bonds. The molecular formula is C27H30F3N3O4. The van der Waals surface area contributed by atoms with Crippen molar-refractivity contribution in [2.75, 3.05) is 0 Å². The number of nitrogens with one attached hydrogen (secondary N) is 1. The molecule has 37 heavy (non-hydrogen) atoms. The van der Waals surface area contributed by atoms with Gasteiger partial charge in [-0.3, -0.25) is 19.3 Å². The first-order valence-corrected chi connectivity index (χ1v) is 11.8. The third-order valence-corrected chi connectivity index (χ3v) is 6.24. The van der Waals surface area contributed by atoms with Crippen LogP contribution in [0.5, 0.6) is 0 Å². The van der Waals surface area contributed by atoms with Crippen LogP contribution >= 0.6 is 0 Å². The van der Waals surface area contributed by atoms with E-state index in [1.807, 2.05) is 0 Å². The number of carbonyl (C=O) groups excluding carboxylic acids is 3. The number of amides is 3. The largest absolute Gasteiger partial charge is 0.438 e. The Hall–Kier alpha value is -3.66. The van der Waals surface area contributed by atoms with Crippen LogP contribution in [0.4, 0.5) is 13.2 Å². The number of carbonyl (C=O) groups is 3. The van der Waals surface area contributed by atoms with E-state index in [-0.39, 0.29) is 5.70 Å². The molecule has 0 aromatic heterocycles. The summed E-state index contributed by atoms with van der Waals surface area (Å²) >= 11 is 0. The Morgan fingerprint density at radius 2 is 1.54 bits per heavy atom. The Kier molecular flexibility index (Phi) is 8.12. The molecule has 0 radical (unpaired) electrons. The van der Waals surface area contributed by atoms with Crippen LogP contribution in [0.3, 0.4) is 0 Å². The van der Waals surface area contributed by atoms with Crippen LogP contribution in [-0.4, -0.2) is 56.6 Å². The van der Waals surface area contributed by atoms with Crippen molar-refractivity contribution >= 4 is 23.4 Å². The molecule has 2 N–H and O–H groups in total. The van der Waals surface area contributed by atoms with Gasteiger partial charge in [0.2, 0.25) is 11.8 Å². The summed E-state index contributed by atoms with van der Waals surface area (Å²) < 4.78 is 43.8. The third kappa shape index (κ3) is 5.69. The second-order valence-corrected chi connectivity index (χ2v) is 9.35. The molecule has 0 saturated heterocycles. The van der Waals surface area contributed by atoms with Gasteiger partial charge in [0.25, 0.3) is 11.6 Å². The standard InChI is InChI=1S/C27H30F3N3O4/c1-17(2)24-25(36)33(22(16-32(24)19(4)35)21-13-9-6-10-14-21)23(15-20-11-7-5-8-12-20)26(37,27(28,29)30)31-18(3)34/h5-14,16-17,23-24,37H,15H2,1-4H3,(H,31,34)/t23?,24-,26?/m0/s1. The summed E-state index contributed by atoms with van der Waals surface area (Å²) in [6, 6.07) is 13.1. The Morgan fingerprint density at radius 3 is 2.00 bits per heavy atom. The number of rotatable bonds is 7. The van der Waals surface area contributed by atoms with Crippen LogP contribution in [0.2, 0.25) is 0 Å². The summed E-state index contributed by atoms with van der Waals surface area (Å²) in [5.41, 5.74) is -3.06. The Bertz CT molecular complexity index is 1170. The maximum Gasteiger partial charge on any atom is 0.438 e. The average molecular weight is 518 g/mol. The molecule has 0 fully saturated rings. The van der Waals surface area contributed by atoms with Crippen LogP contribution < -0.4 is 5.32 Å². The maximum absolute atomic E-state index is 14.6. The minimum atomic E-state index is -5.36. The normalized spacial score (nSPS) is 18.8. The van der Waals surface area contributed by atoms with E-state index in [1.54, 1.807) is 79.8 Å². The smallest absolute Gasteiger partial charge is 0.362 e. The van der Waals surface area contributed by atoms with E-state index in [9.17, 15) is 32.7 Å². The maximum atomic E-state index is 14.6. The second kappa shape index (κ2) is 10.8. The Labute approximate surface area is 213 Å². The SMILES string of the molecule is CC(=O)NC(O)(C(Cc1ccccc1)N1C(=O)[C@H](C(C)C)N(C(C)=O)C=C1c1ccccc1)C(F)(F)F.